The van der Waals surface area contributed by atoms with Crippen molar-refractivity contribution < 1.29 is 4.79 Å². The molecule has 6 nitrogen and oxygen atoms in total. The Labute approximate surface area is 165 Å². The molecule has 0 unspecified atom stereocenters. The molecule has 0 spiro atoms. The predicted molar refractivity (Wildman–Crippen MR) is 115 cm³/mol. The van der Waals surface area contributed by atoms with Crippen molar-refractivity contribution in [3.05, 3.63) is 82.1 Å². The third-order valence-corrected chi connectivity index (χ3v) is 5.21. The third-order valence-electron chi connectivity index (χ3n) is 5.21. The molecule has 0 saturated heterocycles. The van der Waals surface area contributed by atoms with Gasteiger partial charge in [0.25, 0.3) is 5.56 Å². The molecule has 6 heteroatoms. The molecule has 5 aromatic rings. The number of hydrogen-bond donors (Lipinski definition) is 1. The summed E-state index contributed by atoms with van der Waals surface area (Å²) in [4.78, 5) is 28.3. The smallest absolute Gasteiger partial charge is 0.294 e. The maximum atomic E-state index is 12.8. The molecular formula is C23H18N4O2. The second-order valence-electron chi connectivity index (χ2n) is 7.09. The van der Waals surface area contributed by atoms with E-state index in [0.29, 0.717) is 5.65 Å². The van der Waals surface area contributed by atoms with E-state index in [1.807, 2.05) is 53.1 Å². The van der Waals surface area contributed by atoms with Crippen LogP contribution in [0.15, 0.2) is 65.7 Å². The lowest BCUT2D eigenvalue weighted by molar-refractivity contribution is -0.114. The number of aryl methyl sites for hydroxylation is 1. The van der Waals surface area contributed by atoms with Crippen molar-refractivity contribution >= 4 is 45.1 Å². The molecule has 3 aromatic carbocycles. The van der Waals surface area contributed by atoms with Crippen molar-refractivity contribution in [1.29, 1.82) is 0 Å². The Hall–Kier alpha value is -3.93. The van der Waals surface area contributed by atoms with Gasteiger partial charge in [-0.15, -0.1) is 0 Å². The highest BCUT2D eigenvalue weighted by atomic mass is 16.1. The van der Waals surface area contributed by atoms with Gasteiger partial charge in [-0.05, 0) is 29.2 Å². The van der Waals surface area contributed by atoms with Crippen LogP contribution in [0.2, 0.25) is 0 Å². The van der Waals surface area contributed by atoms with Crippen molar-refractivity contribution in [1.82, 2.24) is 14.0 Å². The molecule has 0 saturated carbocycles. The lowest BCUT2D eigenvalue weighted by atomic mass is 10.1. The molecule has 1 N–H and O–H groups in total. The van der Waals surface area contributed by atoms with Crippen molar-refractivity contribution in [2.24, 2.45) is 7.05 Å². The molecule has 1 amide bonds. The van der Waals surface area contributed by atoms with Gasteiger partial charge in [-0.2, -0.15) is 0 Å². The number of rotatable bonds is 2. The zero-order valence-corrected chi connectivity index (χ0v) is 16.0. The molecule has 0 aliphatic carbocycles. The Balaban J connectivity index is 1.89. The number of aromatic nitrogens is 3. The first-order valence-corrected chi connectivity index (χ1v) is 9.30. The topological polar surface area (TPSA) is 68.4 Å². The summed E-state index contributed by atoms with van der Waals surface area (Å²) in [5.74, 6) is -0.0989. The first-order valence-electron chi connectivity index (χ1n) is 9.30. The van der Waals surface area contributed by atoms with Crippen molar-refractivity contribution in [2.45, 2.75) is 6.92 Å². The molecule has 142 valence electrons. The van der Waals surface area contributed by atoms with Crippen LogP contribution in [-0.2, 0) is 11.8 Å². The number of nitrogens with zero attached hydrogens (tertiary/aromatic N) is 3. The van der Waals surface area contributed by atoms with Crippen LogP contribution in [0.5, 0.6) is 0 Å². The summed E-state index contributed by atoms with van der Waals surface area (Å²) in [7, 11) is 1.79. The fraction of sp³-hybridized carbons (Fsp3) is 0.0870. The Morgan fingerprint density at radius 1 is 1.03 bits per heavy atom. The van der Waals surface area contributed by atoms with E-state index in [1.54, 1.807) is 17.8 Å². The van der Waals surface area contributed by atoms with Crippen molar-refractivity contribution in [2.75, 3.05) is 5.32 Å². The van der Waals surface area contributed by atoms with E-state index >= 15 is 0 Å². The number of benzene rings is 2. The standard InChI is InChI=1S/C23H18N4O2/c1-14(28)25-16-9-7-15(8-10-16)13-19-17-5-3-4-6-18(17)20-21(19)27-12-11-24-22(27)23(29)26(20)2/h3-13H,1-2H3,(H,25,28)/b19-13+. The molecular weight excluding hydrogens is 364 g/mol. The summed E-state index contributed by atoms with van der Waals surface area (Å²) in [5, 5.41) is 5.91. The van der Waals surface area contributed by atoms with Gasteiger partial charge in [-0.1, -0.05) is 36.4 Å². The molecule has 0 fully saturated rings. The van der Waals surface area contributed by atoms with Gasteiger partial charge in [0.1, 0.15) is 0 Å². The number of nitrogens with one attached hydrogen (secondary N) is 1. The van der Waals surface area contributed by atoms with Gasteiger partial charge in [0, 0.05) is 42.7 Å². The van der Waals surface area contributed by atoms with Crippen LogP contribution in [0.4, 0.5) is 5.69 Å². The Morgan fingerprint density at radius 2 is 1.76 bits per heavy atom. The van der Waals surface area contributed by atoms with E-state index in [0.717, 1.165) is 38.3 Å². The molecule has 0 bridgehead atoms. The highest BCUT2D eigenvalue weighted by molar-refractivity contribution is 6.10. The van der Waals surface area contributed by atoms with Gasteiger partial charge < -0.3 is 9.88 Å². The largest absolute Gasteiger partial charge is 0.326 e. The molecule has 29 heavy (non-hydrogen) atoms. The quantitative estimate of drug-likeness (QED) is 0.510. The summed E-state index contributed by atoms with van der Waals surface area (Å²) < 4.78 is 3.55. The van der Waals surface area contributed by atoms with Crippen molar-refractivity contribution in [3.8, 4) is 0 Å². The predicted octanol–water partition coefficient (Wildman–Crippen LogP) is 2.85. The number of fused-ring (bicyclic) bond motifs is 5. The first-order chi connectivity index (χ1) is 14.0. The van der Waals surface area contributed by atoms with Crippen molar-refractivity contribution in [3.63, 3.8) is 0 Å². The Kier molecular flexibility index (Phi) is 3.74. The van der Waals surface area contributed by atoms with E-state index in [4.69, 9.17) is 0 Å². The number of carbonyl (C=O) groups is 1. The molecule has 0 aliphatic heterocycles. The van der Waals surface area contributed by atoms with E-state index < -0.39 is 0 Å². The van der Waals surface area contributed by atoms with Crippen LogP contribution < -0.4 is 16.1 Å². The first kappa shape index (κ1) is 17.2. The van der Waals surface area contributed by atoms with Crippen LogP contribution in [0.3, 0.4) is 0 Å². The molecule has 0 radical (unpaired) electrons. The van der Waals surface area contributed by atoms with E-state index in [2.05, 4.69) is 22.4 Å². The molecule has 2 heterocycles. The fourth-order valence-electron chi connectivity index (χ4n) is 3.96. The van der Waals surface area contributed by atoms with E-state index in [1.165, 1.54) is 6.92 Å². The molecule has 5 rings (SSSR count). The summed E-state index contributed by atoms with van der Waals surface area (Å²) in [6.07, 6.45) is 5.58. The lowest BCUT2D eigenvalue weighted by Crippen LogP contribution is -2.21. The SMILES string of the molecule is CC(=O)Nc1ccc(/C=c2\c3ccccc3c3c2n2ccnc2c(=O)n3C)cc1. The zero-order chi connectivity index (χ0) is 20.1. The molecule has 0 atom stereocenters. The number of carbonyl (C=O) groups excluding carboxylic acids is 1. The lowest BCUT2D eigenvalue weighted by Gasteiger charge is -2.04. The van der Waals surface area contributed by atoms with Gasteiger partial charge in [0.15, 0.2) is 0 Å². The fourth-order valence-corrected chi connectivity index (χ4v) is 3.96. The highest BCUT2D eigenvalue weighted by Gasteiger charge is 2.16. The number of hydrogen-bond acceptors (Lipinski definition) is 3. The summed E-state index contributed by atoms with van der Waals surface area (Å²) in [6.45, 7) is 1.49. The summed E-state index contributed by atoms with van der Waals surface area (Å²) in [5.41, 5.74) is 3.88. The van der Waals surface area contributed by atoms with Gasteiger partial charge in [0.05, 0.1) is 11.0 Å². The zero-order valence-electron chi connectivity index (χ0n) is 16.0. The summed E-state index contributed by atoms with van der Waals surface area (Å²) in [6, 6.07) is 15.8. The Morgan fingerprint density at radius 3 is 2.48 bits per heavy atom. The Bertz CT molecular complexity index is 1530. The normalized spacial score (nSPS) is 12.3. The van der Waals surface area contributed by atoms with Gasteiger partial charge >= 0.3 is 0 Å². The van der Waals surface area contributed by atoms with Gasteiger partial charge in [0.2, 0.25) is 11.6 Å². The van der Waals surface area contributed by atoms with Gasteiger partial charge in [-0.25, -0.2) is 4.98 Å². The van der Waals surface area contributed by atoms with Crippen LogP contribution in [-0.4, -0.2) is 19.9 Å². The second kappa shape index (κ2) is 6.31. The maximum Gasteiger partial charge on any atom is 0.294 e. The third kappa shape index (κ3) is 2.61. The minimum absolute atomic E-state index is 0.0989. The monoisotopic (exact) mass is 382 g/mol. The maximum absolute atomic E-state index is 12.8. The average Bonchev–Trinajstić information content (AvgIpc) is 3.31. The number of imidazole rings is 1. The molecule has 2 aromatic heterocycles. The van der Waals surface area contributed by atoms with Crippen LogP contribution in [0.1, 0.15) is 12.5 Å². The number of anilines is 1. The second-order valence-corrected chi connectivity index (χ2v) is 7.09. The minimum atomic E-state index is -0.121. The van der Waals surface area contributed by atoms with Gasteiger partial charge in [-0.3, -0.25) is 14.0 Å². The summed E-state index contributed by atoms with van der Waals surface area (Å²) >= 11 is 0. The highest BCUT2D eigenvalue weighted by Crippen LogP contribution is 2.24. The number of amides is 1. The molecule has 0 aliphatic rings. The van der Waals surface area contributed by atoms with E-state index in [-0.39, 0.29) is 11.5 Å². The minimum Gasteiger partial charge on any atom is -0.326 e. The van der Waals surface area contributed by atoms with E-state index in [9.17, 15) is 9.59 Å². The van der Waals surface area contributed by atoms with Crippen LogP contribution in [0.25, 0.3) is 33.5 Å². The van der Waals surface area contributed by atoms with Crippen LogP contribution in [0, 0.1) is 0 Å². The van der Waals surface area contributed by atoms with Crippen LogP contribution >= 0.6 is 0 Å². The average molecular weight is 382 g/mol.